The molecule has 33 heavy (non-hydrogen) atoms. The molecule has 0 aliphatic carbocycles. The number of likely N-dealkylation sites (tertiary alicyclic amines) is 1. The van der Waals surface area contributed by atoms with E-state index in [1.807, 2.05) is 17.0 Å². The topological polar surface area (TPSA) is 45.3 Å². The molecular formula is C25H29ClFN3O3. The molecule has 3 aliphatic rings. The van der Waals surface area contributed by atoms with E-state index in [1.165, 1.54) is 11.6 Å². The van der Waals surface area contributed by atoms with Crippen LogP contribution in [0.5, 0.6) is 11.5 Å². The lowest BCUT2D eigenvalue weighted by Gasteiger charge is -2.38. The van der Waals surface area contributed by atoms with Crippen LogP contribution < -0.4 is 9.47 Å². The summed E-state index contributed by atoms with van der Waals surface area (Å²) >= 11 is 6.17. The number of carbonyl (C=O) groups excluding carboxylic acids is 1. The van der Waals surface area contributed by atoms with E-state index in [9.17, 15) is 9.18 Å². The number of benzene rings is 2. The minimum atomic E-state index is -0.265. The minimum Gasteiger partial charge on any atom is -0.454 e. The fourth-order valence-corrected chi connectivity index (χ4v) is 5.15. The largest absolute Gasteiger partial charge is 0.454 e. The van der Waals surface area contributed by atoms with Crippen LogP contribution in [-0.2, 0) is 17.9 Å². The Labute approximate surface area is 198 Å². The molecule has 0 atom stereocenters. The standard InChI is InChI=1S/C25H29ClFN3O3/c26-21-2-1-3-22(27)20(21)16-28-8-6-19(7-9-28)25(31)30-12-10-29(11-13-30)15-18-4-5-23-24(14-18)33-17-32-23/h1-5,14,19H,6-13,15-17H2. The van der Waals surface area contributed by atoms with Crippen molar-refractivity contribution in [2.24, 2.45) is 5.92 Å². The van der Waals surface area contributed by atoms with Crippen molar-refractivity contribution in [1.29, 1.82) is 0 Å². The van der Waals surface area contributed by atoms with Gasteiger partial charge in [0.1, 0.15) is 5.82 Å². The molecule has 2 saturated heterocycles. The van der Waals surface area contributed by atoms with Gasteiger partial charge in [-0.15, -0.1) is 0 Å². The summed E-state index contributed by atoms with van der Waals surface area (Å²) in [6, 6.07) is 10.9. The van der Waals surface area contributed by atoms with Crippen LogP contribution in [0.3, 0.4) is 0 Å². The van der Waals surface area contributed by atoms with Gasteiger partial charge in [-0.1, -0.05) is 23.7 Å². The molecule has 0 spiro atoms. The van der Waals surface area contributed by atoms with Crippen molar-refractivity contribution in [3.8, 4) is 11.5 Å². The van der Waals surface area contributed by atoms with Gasteiger partial charge in [-0.3, -0.25) is 14.6 Å². The molecule has 0 bridgehead atoms. The Morgan fingerprint density at radius 1 is 0.939 bits per heavy atom. The SMILES string of the molecule is O=C(C1CCN(Cc2c(F)cccc2Cl)CC1)N1CCN(Cc2ccc3c(c2)OCO3)CC1. The monoisotopic (exact) mass is 473 g/mol. The lowest BCUT2D eigenvalue weighted by molar-refractivity contribution is -0.139. The third kappa shape index (κ3) is 5.10. The molecule has 0 aromatic heterocycles. The summed E-state index contributed by atoms with van der Waals surface area (Å²) < 4.78 is 24.9. The zero-order valence-electron chi connectivity index (χ0n) is 18.6. The van der Waals surface area contributed by atoms with Crippen molar-refractivity contribution in [3.63, 3.8) is 0 Å². The highest BCUT2D eigenvalue weighted by molar-refractivity contribution is 6.31. The summed E-state index contributed by atoms with van der Waals surface area (Å²) in [6.45, 7) is 6.44. The first kappa shape index (κ1) is 22.4. The van der Waals surface area contributed by atoms with E-state index >= 15 is 0 Å². The summed E-state index contributed by atoms with van der Waals surface area (Å²) in [5, 5.41) is 0.465. The molecule has 3 heterocycles. The maximum Gasteiger partial charge on any atom is 0.231 e. The smallest absolute Gasteiger partial charge is 0.231 e. The van der Waals surface area contributed by atoms with E-state index in [1.54, 1.807) is 12.1 Å². The van der Waals surface area contributed by atoms with Crippen molar-refractivity contribution < 1.29 is 18.7 Å². The third-order valence-electron chi connectivity index (χ3n) is 6.91. The van der Waals surface area contributed by atoms with Crippen LogP contribution in [0.15, 0.2) is 36.4 Å². The molecule has 0 N–H and O–H groups in total. The molecule has 0 saturated carbocycles. The highest BCUT2D eigenvalue weighted by atomic mass is 35.5. The van der Waals surface area contributed by atoms with E-state index in [2.05, 4.69) is 15.9 Å². The molecular weight excluding hydrogens is 445 g/mol. The Morgan fingerprint density at radius 3 is 2.42 bits per heavy atom. The third-order valence-corrected chi connectivity index (χ3v) is 7.26. The Kier molecular flexibility index (Phi) is 6.71. The van der Waals surface area contributed by atoms with Gasteiger partial charge < -0.3 is 14.4 Å². The van der Waals surface area contributed by atoms with Crippen molar-refractivity contribution in [3.05, 3.63) is 58.4 Å². The molecule has 8 heteroatoms. The number of carbonyl (C=O) groups is 1. The minimum absolute atomic E-state index is 0.0535. The Hall–Kier alpha value is -2.35. The van der Waals surface area contributed by atoms with Crippen molar-refractivity contribution >= 4 is 17.5 Å². The van der Waals surface area contributed by atoms with Crippen molar-refractivity contribution in [2.75, 3.05) is 46.1 Å². The van der Waals surface area contributed by atoms with E-state index < -0.39 is 0 Å². The number of hydrogen-bond donors (Lipinski definition) is 0. The summed E-state index contributed by atoms with van der Waals surface area (Å²) in [4.78, 5) is 19.7. The molecule has 3 aliphatic heterocycles. The molecule has 2 aromatic rings. The second kappa shape index (κ2) is 9.87. The fourth-order valence-electron chi connectivity index (χ4n) is 4.93. The second-order valence-corrected chi connectivity index (χ2v) is 9.45. The Bertz CT molecular complexity index is 984. The summed E-state index contributed by atoms with van der Waals surface area (Å²) in [7, 11) is 0. The first-order chi connectivity index (χ1) is 16.1. The molecule has 0 unspecified atom stereocenters. The maximum atomic E-state index is 14.1. The normalized spacial score (nSPS) is 19.8. The molecule has 2 fully saturated rings. The summed E-state index contributed by atoms with van der Waals surface area (Å²) in [5.41, 5.74) is 1.74. The van der Waals surface area contributed by atoms with Crippen molar-refractivity contribution in [2.45, 2.75) is 25.9 Å². The number of piperidine rings is 1. The van der Waals surface area contributed by atoms with E-state index in [4.69, 9.17) is 21.1 Å². The number of hydrogen-bond acceptors (Lipinski definition) is 5. The number of rotatable bonds is 5. The summed E-state index contributed by atoms with van der Waals surface area (Å²) in [5.74, 6) is 1.67. The average Bonchev–Trinajstić information content (AvgIpc) is 3.30. The lowest BCUT2D eigenvalue weighted by atomic mass is 9.94. The van der Waals surface area contributed by atoms with Crippen LogP contribution in [0.1, 0.15) is 24.0 Å². The van der Waals surface area contributed by atoms with E-state index in [0.717, 1.165) is 70.2 Å². The van der Waals surface area contributed by atoms with Gasteiger partial charge in [0.25, 0.3) is 0 Å². The van der Waals surface area contributed by atoms with Gasteiger partial charge in [-0.2, -0.15) is 0 Å². The van der Waals surface area contributed by atoms with E-state index in [-0.39, 0.29) is 24.4 Å². The van der Waals surface area contributed by atoms with Crippen molar-refractivity contribution in [1.82, 2.24) is 14.7 Å². The maximum absolute atomic E-state index is 14.1. The number of fused-ring (bicyclic) bond motifs is 1. The van der Waals surface area contributed by atoms with Crippen LogP contribution in [-0.4, -0.2) is 66.7 Å². The Balaban J connectivity index is 1.08. The van der Waals surface area contributed by atoms with Crippen LogP contribution in [0.2, 0.25) is 5.02 Å². The van der Waals surface area contributed by atoms with Crippen LogP contribution >= 0.6 is 11.6 Å². The number of amides is 1. The quantitative estimate of drug-likeness (QED) is 0.661. The highest BCUT2D eigenvalue weighted by Crippen LogP contribution is 2.33. The van der Waals surface area contributed by atoms with Crippen LogP contribution in [0.25, 0.3) is 0 Å². The molecule has 176 valence electrons. The van der Waals surface area contributed by atoms with Gasteiger partial charge >= 0.3 is 0 Å². The van der Waals surface area contributed by atoms with Crippen LogP contribution in [0, 0.1) is 11.7 Å². The van der Waals surface area contributed by atoms with Gasteiger partial charge in [0.15, 0.2) is 11.5 Å². The number of ether oxygens (including phenoxy) is 2. The van der Waals surface area contributed by atoms with Gasteiger partial charge in [0, 0.05) is 55.8 Å². The second-order valence-electron chi connectivity index (χ2n) is 9.04. The predicted molar refractivity (Wildman–Crippen MR) is 124 cm³/mol. The van der Waals surface area contributed by atoms with Gasteiger partial charge in [-0.25, -0.2) is 4.39 Å². The predicted octanol–water partition coefficient (Wildman–Crippen LogP) is 3.76. The van der Waals surface area contributed by atoms with Gasteiger partial charge in [0.05, 0.1) is 0 Å². The molecule has 1 amide bonds. The highest BCUT2D eigenvalue weighted by Gasteiger charge is 2.31. The number of halogens is 2. The molecule has 2 aromatic carbocycles. The average molecular weight is 474 g/mol. The first-order valence-corrected chi connectivity index (χ1v) is 12.0. The Morgan fingerprint density at radius 2 is 1.67 bits per heavy atom. The molecule has 6 nitrogen and oxygen atoms in total. The van der Waals surface area contributed by atoms with Crippen LogP contribution in [0.4, 0.5) is 4.39 Å². The summed E-state index contributed by atoms with van der Waals surface area (Å²) in [6.07, 6.45) is 1.62. The van der Waals surface area contributed by atoms with Gasteiger partial charge in [-0.05, 0) is 55.8 Å². The lowest BCUT2D eigenvalue weighted by Crippen LogP contribution is -2.51. The number of nitrogens with zero attached hydrogens (tertiary/aromatic N) is 3. The molecule has 5 rings (SSSR count). The van der Waals surface area contributed by atoms with Gasteiger partial charge in [0.2, 0.25) is 12.7 Å². The van der Waals surface area contributed by atoms with E-state index in [0.29, 0.717) is 17.1 Å². The first-order valence-electron chi connectivity index (χ1n) is 11.6. The fraction of sp³-hybridized carbons (Fsp3) is 0.480. The molecule has 0 radical (unpaired) electrons. The zero-order chi connectivity index (χ0) is 22.8. The zero-order valence-corrected chi connectivity index (χ0v) is 19.4. The number of piperazine rings is 1.